The van der Waals surface area contributed by atoms with E-state index in [-0.39, 0.29) is 36.8 Å². The van der Waals surface area contributed by atoms with Crippen molar-refractivity contribution in [1.82, 2.24) is 10.2 Å². The summed E-state index contributed by atoms with van der Waals surface area (Å²) in [6, 6.07) is -1.61. The summed E-state index contributed by atoms with van der Waals surface area (Å²) in [7, 11) is 0. The van der Waals surface area contributed by atoms with Gasteiger partial charge in [0, 0.05) is 6.04 Å². The van der Waals surface area contributed by atoms with Crippen molar-refractivity contribution in [2.75, 3.05) is 13.1 Å². The van der Waals surface area contributed by atoms with E-state index in [1.165, 1.54) is 4.90 Å². The molecule has 3 atom stereocenters. The van der Waals surface area contributed by atoms with Crippen molar-refractivity contribution < 1.29 is 27.9 Å². The van der Waals surface area contributed by atoms with Gasteiger partial charge in [0.1, 0.15) is 6.04 Å². The van der Waals surface area contributed by atoms with Crippen LogP contribution in [0.1, 0.15) is 44.9 Å². The second-order valence-electron chi connectivity index (χ2n) is 8.82. The Bertz CT molecular complexity index is 593. The van der Waals surface area contributed by atoms with Gasteiger partial charge in [0.2, 0.25) is 5.91 Å². The highest BCUT2D eigenvalue weighted by molar-refractivity contribution is 5.79. The lowest BCUT2D eigenvalue weighted by Crippen LogP contribution is -2.61. The molecule has 0 spiro atoms. The fourth-order valence-corrected chi connectivity index (χ4v) is 6.32. The Kier molecular flexibility index (Phi) is 4.24. The Labute approximate surface area is 150 Å². The maximum Gasteiger partial charge on any atom is 0.404 e. The third-order valence-electron chi connectivity index (χ3n) is 7.14. The van der Waals surface area contributed by atoms with Crippen molar-refractivity contribution in [1.29, 1.82) is 0 Å². The van der Waals surface area contributed by atoms with Gasteiger partial charge in [-0.1, -0.05) is 0 Å². The third-order valence-corrected chi connectivity index (χ3v) is 7.14. The second-order valence-corrected chi connectivity index (χ2v) is 8.82. The number of carboxylic acids is 1. The average molecular weight is 374 g/mol. The van der Waals surface area contributed by atoms with Crippen molar-refractivity contribution in [3.63, 3.8) is 0 Å². The molecule has 8 heteroatoms. The van der Waals surface area contributed by atoms with Crippen LogP contribution in [-0.2, 0) is 9.59 Å². The number of halogens is 3. The zero-order chi connectivity index (χ0) is 18.7. The predicted molar refractivity (Wildman–Crippen MR) is 86.2 cm³/mol. The van der Waals surface area contributed by atoms with Gasteiger partial charge >= 0.3 is 12.1 Å². The van der Waals surface area contributed by atoms with E-state index in [0.717, 1.165) is 19.3 Å². The number of hydrogen-bond acceptors (Lipinski definition) is 3. The average Bonchev–Trinajstić information content (AvgIpc) is 2.98. The molecule has 0 aromatic heterocycles. The molecule has 5 nitrogen and oxygen atoms in total. The molecule has 0 aromatic carbocycles. The molecule has 146 valence electrons. The molecular formula is C18H25F3N2O3. The monoisotopic (exact) mass is 374 g/mol. The number of nitrogens with one attached hydrogen (secondary N) is 1. The van der Waals surface area contributed by atoms with Crippen LogP contribution in [0.4, 0.5) is 13.2 Å². The number of carboxylic acid groups (broad SMARTS) is 1. The molecule has 5 rings (SSSR count). The Balaban J connectivity index is 1.39. The number of nitrogens with zero attached hydrogens (tertiary/aromatic N) is 1. The van der Waals surface area contributed by atoms with E-state index < -0.39 is 23.6 Å². The largest absolute Gasteiger partial charge is 0.481 e. The maximum atomic E-state index is 13.0. The molecule has 5 fully saturated rings. The highest BCUT2D eigenvalue weighted by atomic mass is 19.4. The molecule has 1 saturated heterocycles. The summed E-state index contributed by atoms with van der Waals surface area (Å²) in [4.78, 5) is 25.4. The quantitative estimate of drug-likeness (QED) is 0.793. The summed E-state index contributed by atoms with van der Waals surface area (Å²) in [5.41, 5.74) is -0.645. The predicted octanol–water partition coefficient (Wildman–Crippen LogP) is 2.41. The van der Waals surface area contributed by atoms with Crippen molar-refractivity contribution in [3.8, 4) is 0 Å². The van der Waals surface area contributed by atoms with E-state index in [0.29, 0.717) is 31.7 Å². The van der Waals surface area contributed by atoms with E-state index in [9.17, 15) is 27.9 Å². The maximum absolute atomic E-state index is 13.0. The SMILES string of the molecule is O=C(CN1CCCC1C(F)(F)F)NC1C2CC3CC1CC(C(=O)O)(C3)C2. The molecule has 26 heavy (non-hydrogen) atoms. The van der Waals surface area contributed by atoms with Crippen LogP contribution in [0.15, 0.2) is 0 Å². The molecule has 0 aromatic rings. The number of aliphatic carboxylic acids is 1. The van der Waals surface area contributed by atoms with Crippen LogP contribution in [0.3, 0.4) is 0 Å². The van der Waals surface area contributed by atoms with Crippen LogP contribution in [0, 0.1) is 23.2 Å². The van der Waals surface area contributed by atoms with Gasteiger partial charge < -0.3 is 10.4 Å². The molecule has 1 aliphatic heterocycles. The normalized spacial score (nSPS) is 42.2. The molecule has 4 aliphatic carbocycles. The molecular weight excluding hydrogens is 349 g/mol. The minimum absolute atomic E-state index is 0.0499. The number of carbonyl (C=O) groups excluding carboxylic acids is 1. The summed E-state index contributed by atoms with van der Waals surface area (Å²) >= 11 is 0. The summed E-state index contributed by atoms with van der Waals surface area (Å²) < 4.78 is 39.1. The van der Waals surface area contributed by atoms with Crippen molar-refractivity contribution in [2.45, 2.75) is 63.2 Å². The van der Waals surface area contributed by atoms with Crippen molar-refractivity contribution in [2.24, 2.45) is 23.2 Å². The van der Waals surface area contributed by atoms with Gasteiger partial charge in [-0.15, -0.1) is 0 Å². The van der Waals surface area contributed by atoms with Gasteiger partial charge in [-0.3, -0.25) is 14.5 Å². The number of amides is 1. The molecule has 5 aliphatic rings. The van der Waals surface area contributed by atoms with Gasteiger partial charge in [-0.05, 0) is 69.2 Å². The van der Waals surface area contributed by atoms with Gasteiger partial charge in [-0.2, -0.15) is 13.2 Å². The summed E-state index contributed by atoms with van der Waals surface area (Å²) in [6.07, 6.45) is -0.0609. The first-order chi connectivity index (χ1) is 12.2. The lowest BCUT2D eigenvalue weighted by Gasteiger charge is -2.58. The zero-order valence-electron chi connectivity index (χ0n) is 14.6. The van der Waals surface area contributed by atoms with E-state index in [4.69, 9.17) is 0 Å². The second kappa shape index (κ2) is 6.11. The number of carbonyl (C=O) groups is 2. The number of rotatable bonds is 4. The van der Waals surface area contributed by atoms with Gasteiger partial charge in [0.15, 0.2) is 0 Å². The van der Waals surface area contributed by atoms with E-state index in [1.807, 2.05) is 0 Å². The number of hydrogen-bond donors (Lipinski definition) is 2. The molecule has 1 heterocycles. The van der Waals surface area contributed by atoms with Crippen LogP contribution in [0.25, 0.3) is 0 Å². The molecule has 4 saturated carbocycles. The zero-order valence-corrected chi connectivity index (χ0v) is 14.6. The van der Waals surface area contributed by atoms with E-state index >= 15 is 0 Å². The Hall–Kier alpha value is -1.31. The first kappa shape index (κ1) is 18.1. The summed E-state index contributed by atoms with van der Waals surface area (Å²) in [5, 5.41) is 12.6. The first-order valence-corrected chi connectivity index (χ1v) is 9.51. The van der Waals surface area contributed by atoms with Crippen LogP contribution in [0.2, 0.25) is 0 Å². The van der Waals surface area contributed by atoms with Crippen molar-refractivity contribution >= 4 is 11.9 Å². The molecule has 2 N–H and O–H groups in total. The fraction of sp³-hybridized carbons (Fsp3) is 0.889. The van der Waals surface area contributed by atoms with Crippen LogP contribution in [-0.4, -0.2) is 53.2 Å². The molecule has 0 radical (unpaired) electrons. The lowest BCUT2D eigenvalue weighted by molar-refractivity contribution is -0.177. The van der Waals surface area contributed by atoms with Crippen LogP contribution >= 0.6 is 0 Å². The Morgan fingerprint density at radius 2 is 1.81 bits per heavy atom. The van der Waals surface area contributed by atoms with Crippen LogP contribution < -0.4 is 5.32 Å². The van der Waals surface area contributed by atoms with E-state index in [2.05, 4.69) is 5.32 Å². The molecule has 3 unspecified atom stereocenters. The summed E-state index contributed by atoms with van der Waals surface area (Å²) in [5.74, 6) is -0.406. The molecule has 1 amide bonds. The summed E-state index contributed by atoms with van der Waals surface area (Å²) in [6.45, 7) is 0.0624. The third kappa shape index (κ3) is 3.00. The minimum atomic E-state index is -4.30. The fourth-order valence-electron chi connectivity index (χ4n) is 6.32. The standard InChI is InChI=1S/C18H25F3N2O3/c19-18(20,21)13-2-1-3-23(13)9-14(24)22-15-11-4-10-5-12(15)8-17(6-10,7-11)16(25)26/h10-13,15H,1-9H2,(H,22,24)(H,25,26). The van der Waals surface area contributed by atoms with Gasteiger partial charge in [-0.25, -0.2) is 0 Å². The van der Waals surface area contributed by atoms with Gasteiger partial charge in [0.05, 0.1) is 12.0 Å². The van der Waals surface area contributed by atoms with Gasteiger partial charge in [0.25, 0.3) is 0 Å². The van der Waals surface area contributed by atoms with E-state index in [1.54, 1.807) is 0 Å². The minimum Gasteiger partial charge on any atom is -0.481 e. The molecule has 4 bridgehead atoms. The van der Waals surface area contributed by atoms with Crippen LogP contribution in [0.5, 0.6) is 0 Å². The highest BCUT2D eigenvalue weighted by Crippen LogP contribution is 2.60. The lowest BCUT2D eigenvalue weighted by atomic mass is 9.48. The van der Waals surface area contributed by atoms with Crippen molar-refractivity contribution in [3.05, 3.63) is 0 Å². The Morgan fingerprint density at radius 1 is 1.15 bits per heavy atom. The first-order valence-electron chi connectivity index (χ1n) is 9.51. The number of alkyl halides is 3. The smallest absolute Gasteiger partial charge is 0.404 e. The number of likely N-dealkylation sites (tertiary alicyclic amines) is 1. The Morgan fingerprint density at radius 3 is 2.38 bits per heavy atom. The highest BCUT2D eigenvalue weighted by Gasteiger charge is 2.59. The topological polar surface area (TPSA) is 69.6 Å².